The molecule has 2 N–H and O–H groups in total. The van der Waals surface area contributed by atoms with Gasteiger partial charge in [0, 0.05) is 5.70 Å². The molecule has 0 saturated heterocycles. The largest absolute Gasteiger partial charge is 0.398 e. The van der Waals surface area contributed by atoms with Crippen molar-refractivity contribution >= 4 is 5.70 Å². The molecule has 14 heavy (non-hydrogen) atoms. The molecule has 1 aromatic rings. The van der Waals surface area contributed by atoms with E-state index in [2.05, 4.69) is 31.2 Å². The summed E-state index contributed by atoms with van der Waals surface area (Å²) in [5.74, 6) is 0. The molecule has 0 bridgehead atoms. The number of hydrogen-bond donors (Lipinski definition) is 1. The van der Waals surface area contributed by atoms with Gasteiger partial charge in [0.05, 0.1) is 0 Å². The highest BCUT2D eigenvalue weighted by Crippen LogP contribution is 2.14. The lowest BCUT2D eigenvalue weighted by Gasteiger charge is -2.05. The fourth-order valence-corrected chi connectivity index (χ4v) is 1.43. The first-order valence-corrected chi connectivity index (χ1v) is 5.17. The van der Waals surface area contributed by atoms with Crippen LogP contribution in [-0.2, 0) is 6.42 Å². The quantitative estimate of drug-likeness (QED) is 0.775. The van der Waals surface area contributed by atoms with Crippen LogP contribution in [0.15, 0.2) is 29.8 Å². The molecule has 0 unspecified atom stereocenters. The zero-order chi connectivity index (χ0) is 10.6. The van der Waals surface area contributed by atoms with Crippen molar-refractivity contribution in [3.8, 4) is 0 Å². The monoisotopic (exact) mass is 189 g/mol. The van der Waals surface area contributed by atoms with Gasteiger partial charge in [-0.3, -0.25) is 0 Å². The molecule has 1 aromatic carbocycles. The van der Waals surface area contributed by atoms with Gasteiger partial charge < -0.3 is 5.73 Å². The molecular formula is C13H19N. The zero-order valence-corrected chi connectivity index (χ0v) is 9.30. The van der Waals surface area contributed by atoms with Crippen LogP contribution in [0.2, 0.25) is 0 Å². The Morgan fingerprint density at radius 3 is 2.14 bits per heavy atom. The van der Waals surface area contributed by atoms with Gasteiger partial charge in [0.25, 0.3) is 0 Å². The van der Waals surface area contributed by atoms with Gasteiger partial charge in [0.1, 0.15) is 0 Å². The molecule has 0 aliphatic rings. The number of hydrogen-bond acceptors (Lipinski definition) is 1. The Morgan fingerprint density at radius 2 is 1.71 bits per heavy atom. The average molecular weight is 189 g/mol. The van der Waals surface area contributed by atoms with Crippen molar-refractivity contribution < 1.29 is 0 Å². The Hall–Kier alpha value is -1.24. The summed E-state index contributed by atoms with van der Waals surface area (Å²) in [7, 11) is 0. The molecule has 0 spiro atoms. The third-order valence-corrected chi connectivity index (χ3v) is 2.34. The standard InChI is InChI=1S/C13H19N/c1-4-5-11-6-8-12(9-7-11)13(14)10(2)3/h6-9H,4-5,14H2,1-3H3. The molecule has 76 valence electrons. The van der Waals surface area contributed by atoms with E-state index in [1.165, 1.54) is 17.6 Å². The summed E-state index contributed by atoms with van der Waals surface area (Å²) >= 11 is 0. The Kier molecular flexibility index (Phi) is 3.75. The van der Waals surface area contributed by atoms with E-state index in [0.29, 0.717) is 0 Å². The average Bonchev–Trinajstić information content (AvgIpc) is 2.18. The van der Waals surface area contributed by atoms with E-state index in [9.17, 15) is 0 Å². The summed E-state index contributed by atoms with van der Waals surface area (Å²) in [6.45, 7) is 6.27. The van der Waals surface area contributed by atoms with Gasteiger partial charge in [0.2, 0.25) is 0 Å². The number of benzene rings is 1. The molecule has 0 atom stereocenters. The van der Waals surface area contributed by atoms with Crippen LogP contribution in [0.4, 0.5) is 0 Å². The maximum absolute atomic E-state index is 5.94. The minimum Gasteiger partial charge on any atom is -0.398 e. The second-order valence-electron chi connectivity index (χ2n) is 3.86. The van der Waals surface area contributed by atoms with Gasteiger partial charge in [-0.25, -0.2) is 0 Å². The van der Waals surface area contributed by atoms with Crippen LogP contribution >= 0.6 is 0 Å². The second-order valence-corrected chi connectivity index (χ2v) is 3.86. The third-order valence-electron chi connectivity index (χ3n) is 2.34. The smallest absolute Gasteiger partial charge is 0.0373 e. The third kappa shape index (κ3) is 2.63. The van der Waals surface area contributed by atoms with Gasteiger partial charge in [-0.15, -0.1) is 0 Å². The lowest BCUT2D eigenvalue weighted by Crippen LogP contribution is -1.98. The van der Waals surface area contributed by atoms with Crippen LogP contribution in [0.25, 0.3) is 5.70 Å². The molecule has 0 radical (unpaired) electrons. The summed E-state index contributed by atoms with van der Waals surface area (Å²) < 4.78 is 0. The van der Waals surface area contributed by atoms with Crippen molar-refractivity contribution in [2.24, 2.45) is 5.73 Å². The number of aryl methyl sites for hydroxylation is 1. The Bertz CT molecular complexity index is 316. The fourth-order valence-electron chi connectivity index (χ4n) is 1.43. The highest BCUT2D eigenvalue weighted by molar-refractivity contribution is 5.65. The zero-order valence-electron chi connectivity index (χ0n) is 9.30. The minimum atomic E-state index is 0.896. The highest BCUT2D eigenvalue weighted by Gasteiger charge is 1.98. The molecule has 1 heteroatoms. The number of allylic oxidation sites excluding steroid dienone is 1. The minimum absolute atomic E-state index is 0.896. The number of rotatable bonds is 3. The first kappa shape index (κ1) is 10.8. The van der Waals surface area contributed by atoms with Gasteiger partial charge in [-0.05, 0) is 31.4 Å². The molecule has 0 fully saturated rings. The Balaban J connectivity index is 2.89. The maximum atomic E-state index is 5.94. The van der Waals surface area contributed by atoms with Gasteiger partial charge in [0.15, 0.2) is 0 Å². The van der Waals surface area contributed by atoms with Gasteiger partial charge >= 0.3 is 0 Å². The van der Waals surface area contributed by atoms with E-state index in [1.54, 1.807) is 0 Å². The first-order valence-electron chi connectivity index (χ1n) is 5.17. The summed E-state index contributed by atoms with van der Waals surface area (Å²) in [5.41, 5.74) is 10.5. The SMILES string of the molecule is CCCc1ccc(C(N)=C(C)C)cc1. The van der Waals surface area contributed by atoms with E-state index in [1.807, 2.05) is 13.8 Å². The van der Waals surface area contributed by atoms with Crippen molar-refractivity contribution in [3.63, 3.8) is 0 Å². The molecule has 0 aliphatic heterocycles. The topological polar surface area (TPSA) is 26.0 Å². The van der Waals surface area contributed by atoms with E-state index in [4.69, 9.17) is 5.73 Å². The second kappa shape index (κ2) is 4.85. The summed E-state index contributed by atoms with van der Waals surface area (Å²) in [6.07, 6.45) is 2.34. The summed E-state index contributed by atoms with van der Waals surface area (Å²) in [6, 6.07) is 8.53. The van der Waals surface area contributed by atoms with Crippen LogP contribution in [0, 0.1) is 0 Å². The Labute approximate surface area is 86.6 Å². The van der Waals surface area contributed by atoms with E-state index in [-0.39, 0.29) is 0 Å². The predicted octanol–water partition coefficient (Wildman–Crippen LogP) is 3.35. The molecular weight excluding hydrogens is 170 g/mol. The molecule has 0 aromatic heterocycles. The molecule has 0 amide bonds. The van der Waals surface area contributed by atoms with Crippen LogP contribution in [0.5, 0.6) is 0 Å². The van der Waals surface area contributed by atoms with E-state index < -0.39 is 0 Å². The lowest BCUT2D eigenvalue weighted by atomic mass is 10.0. The van der Waals surface area contributed by atoms with Crippen LogP contribution < -0.4 is 5.73 Å². The predicted molar refractivity (Wildman–Crippen MR) is 62.9 cm³/mol. The molecule has 0 aliphatic carbocycles. The van der Waals surface area contributed by atoms with E-state index in [0.717, 1.165) is 17.7 Å². The van der Waals surface area contributed by atoms with Crippen molar-refractivity contribution in [1.82, 2.24) is 0 Å². The molecule has 1 rings (SSSR count). The van der Waals surface area contributed by atoms with Crippen molar-refractivity contribution in [1.29, 1.82) is 0 Å². The number of nitrogens with two attached hydrogens (primary N) is 1. The highest BCUT2D eigenvalue weighted by atomic mass is 14.6. The van der Waals surface area contributed by atoms with Crippen molar-refractivity contribution in [2.75, 3.05) is 0 Å². The molecule has 0 saturated carbocycles. The van der Waals surface area contributed by atoms with Gasteiger partial charge in [-0.2, -0.15) is 0 Å². The van der Waals surface area contributed by atoms with Crippen LogP contribution in [0.3, 0.4) is 0 Å². The first-order chi connectivity index (χ1) is 6.65. The summed E-state index contributed by atoms with van der Waals surface area (Å²) in [4.78, 5) is 0. The molecule has 1 nitrogen and oxygen atoms in total. The van der Waals surface area contributed by atoms with Crippen molar-refractivity contribution in [3.05, 3.63) is 41.0 Å². The Morgan fingerprint density at radius 1 is 1.14 bits per heavy atom. The summed E-state index contributed by atoms with van der Waals surface area (Å²) in [5, 5.41) is 0. The van der Waals surface area contributed by atoms with E-state index >= 15 is 0 Å². The van der Waals surface area contributed by atoms with Crippen LogP contribution in [0.1, 0.15) is 38.3 Å². The normalized spacial score (nSPS) is 9.93. The lowest BCUT2D eigenvalue weighted by molar-refractivity contribution is 0.921. The maximum Gasteiger partial charge on any atom is 0.0373 e. The fraction of sp³-hybridized carbons (Fsp3) is 0.385. The van der Waals surface area contributed by atoms with Gasteiger partial charge in [-0.1, -0.05) is 43.2 Å². The molecule has 0 heterocycles. The van der Waals surface area contributed by atoms with Crippen molar-refractivity contribution in [2.45, 2.75) is 33.6 Å². The van der Waals surface area contributed by atoms with Crippen LogP contribution in [-0.4, -0.2) is 0 Å².